The SMILES string of the molecule is CCC(C)OC(=O)C(C(CC)C(=O)Nc1ccccc1)S(=O)(=O)NN. The Morgan fingerprint density at radius 1 is 1.16 bits per heavy atom. The number of amides is 1. The van der Waals surface area contributed by atoms with Crippen LogP contribution in [0.15, 0.2) is 30.3 Å². The molecule has 0 aliphatic carbocycles. The molecular weight excluding hydrogens is 346 g/mol. The number of benzene rings is 1. The number of para-hydroxylation sites is 1. The minimum absolute atomic E-state index is 0.111. The summed E-state index contributed by atoms with van der Waals surface area (Å²) >= 11 is 0. The first-order valence-corrected chi connectivity index (χ1v) is 9.59. The highest BCUT2D eigenvalue weighted by atomic mass is 32.2. The summed E-state index contributed by atoms with van der Waals surface area (Å²) in [6.07, 6.45) is 0.152. The summed E-state index contributed by atoms with van der Waals surface area (Å²) in [5.74, 6) is 2.32. The monoisotopic (exact) mass is 371 g/mol. The van der Waals surface area contributed by atoms with E-state index < -0.39 is 39.2 Å². The average Bonchev–Trinajstić information content (AvgIpc) is 2.59. The summed E-state index contributed by atoms with van der Waals surface area (Å²) < 4.78 is 29.6. The molecule has 0 heterocycles. The van der Waals surface area contributed by atoms with Gasteiger partial charge in [0.2, 0.25) is 15.9 Å². The lowest BCUT2D eigenvalue weighted by Gasteiger charge is -2.24. The third kappa shape index (κ3) is 5.80. The number of nitrogens with one attached hydrogen (secondary N) is 2. The number of rotatable bonds is 9. The standard InChI is InChI=1S/C16H25N3O5S/c1-4-11(3)24-16(21)14(25(22,23)19-17)13(5-2)15(20)18-12-9-7-6-8-10-12/h6-11,13-14,19H,4-5,17H2,1-3H3,(H,18,20). The molecule has 8 nitrogen and oxygen atoms in total. The van der Waals surface area contributed by atoms with Crippen LogP contribution in [0.2, 0.25) is 0 Å². The summed E-state index contributed by atoms with van der Waals surface area (Å²) in [7, 11) is -4.27. The second-order valence-corrected chi connectivity index (χ2v) is 7.44. The van der Waals surface area contributed by atoms with Crippen LogP contribution in [0.1, 0.15) is 33.6 Å². The molecule has 0 radical (unpaired) electrons. The number of esters is 1. The second kappa shape index (κ2) is 9.50. The van der Waals surface area contributed by atoms with E-state index in [-0.39, 0.29) is 6.42 Å². The van der Waals surface area contributed by atoms with Crippen molar-refractivity contribution >= 4 is 27.6 Å². The molecule has 1 aromatic carbocycles. The van der Waals surface area contributed by atoms with E-state index in [4.69, 9.17) is 10.6 Å². The molecule has 9 heteroatoms. The average molecular weight is 371 g/mol. The number of hydrogen-bond acceptors (Lipinski definition) is 6. The first-order chi connectivity index (χ1) is 11.8. The lowest BCUT2D eigenvalue weighted by atomic mass is 10.0. The van der Waals surface area contributed by atoms with Crippen LogP contribution < -0.4 is 16.0 Å². The molecule has 140 valence electrons. The van der Waals surface area contributed by atoms with E-state index in [9.17, 15) is 18.0 Å². The van der Waals surface area contributed by atoms with Gasteiger partial charge in [0.25, 0.3) is 0 Å². The van der Waals surface area contributed by atoms with E-state index in [0.717, 1.165) is 0 Å². The molecule has 1 aromatic rings. The van der Waals surface area contributed by atoms with E-state index in [1.165, 1.54) is 0 Å². The number of nitrogens with two attached hydrogens (primary N) is 1. The summed E-state index contributed by atoms with van der Waals surface area (Å²) in [4.78, 5) is 26.6. The van der Waals surface area contributed by atoms with E-state index in [1.807, 2.05) is 0 Å². The first-order valence-electron chi connectivity index (χ1n) is 8.04. The zero-order valence-electron chi connectivity index (χ0n) is 14.6. The summed E-state index contributed by atoms with van der Waals surface area (Å²) in [6, 6.07) is 8.55. The number of anilines is 1. The van der Waals surface area contributed by atoms with E-state index in [0.29, 0.717) is 12.1 Å². The van der Waals surface area contributed by atoms with Crippen molar-refractivity contribution in [2.24, 2.45) is 11.8 Å². The summed E-state index contributed by atoms with van der Waals surface area (Å²) in [6.45, 7) is 5.05. The largest absolute Gasteiger partial charge is 0.462 e. The quantitative estimate of drug-likeness (QED) is 0.339. The fraction of sp³-hybridized carbons (Fsp3) is 0.500. The van der Waals surface area contributed by atoms with Gasteiger partial charge in [0.1, 0.15) is 0 Å². The van der Waals surface area contributed by atoms with Gasteiger partial charge in [-0.1, -0.05) is 32.0 Å². The third-order valence-corrected chi connectivity index (χ3v) is 5.32. The maximum atomic E-state index is 12.6. The molecule has 0 fully saturated rings. The number of hydrogen-bond donors (Lipinski definition) is 3. The van der Waals surface area contributed by atoms with Gasteiger partial charge >= 0.3 is 5.97 Å². The van der Waals surface area contributed by atoms with Crippen LogP contribution >= 0.6 is 0 Å². The van der Waals surface area contributed by atoms with Gasteiger partial charge in [-0.25, -0.2) is 8.42 Å². The van der Waals surface area contributed by atoms with Gasteiger partial charge in [-0.05, 0) is 31.9 Å². The highest BCUT2D eigenvalue weighted by Gasteiger charge is 2.43. The molecule has 0 bridgehead atoms. The highest BCUT2D eigenvalue weighted by molar-refractivity contribution is 7.90. The van der Waals surface area contributed by atoms with Crippen LogP contribution in [0.25, 0.3) is 0 Å². The van der Waals surface area contributed by atoms with Crippen molar-refractivity contribution in [1.82, 2.24) is 4.83 Å². The van der Waals surface area contributed by atoms with Gasteiger partial charge in [0, 0.05) is 5.69 Å². The van der Waals surface area contributed by atoms with Crippen LogP contribution in [0.4, 0.5) is 5.69 Å². The lowest BCUT2D eigenvalue weighted by Crippen LogP contribution is -2.51. The molecule has 4 N–H and O–H groups in total. The first kappa shape index (κ1) is 21.1. The van der Waals surface area contributed by atoms with Crippen molar-refractivity contribution in [3.63, 3.8) is 0 Å². The fourth-order valence-corrected chi connectivity index (χ4v) is 3.43. The van der Waals surface area contributed by atoms with Crippen LogP contribution in [0.3, 0.4) is 0 Å². The van der Waals surface area contributed by atoms with Crippen LogP contribution in [-0.2, 0) is 24.3 Å². The Bertz CT molecular complexity index is 678. The molecule has 1 rings (SSSR count). The van der Waals surface area contributed by atoms with Crippen molar-refractivity contribution in [2.75, 3.05) is 5.32 Å². The lowest BCUT2D eigenvalue weighted by molar-refractivity contribution is -0.150. The predicted octanol–water partition coefficient (Wildman–Crippen LogP) is 1.15. The van der Waals surface area contributed by atoms with E-state index in [1.54, 1.807) is 55.9 Å². The smallest absolute Gasteiger partial charge is 0.326 e. The van der Waals surface area contributed by atoms with Gasteiger partial charge in [-0.15, -0.1) is 0 Å². The fourth-order valence-electron chi connectivity index (χ4n) is 2.22. The molecule has 3 atom stereocenters. The Morgan fingerprint density at radius 2 is 1.76 bits per heavy atom. The van der Waals surface area contributed by atoms with Gasteiger partial charge in [-0.3, -0.25) is 15.4 Å². The van der Waals surface area contributed by atoms with E-state index >= 15 is 0 Å². The third-order valence-electron chi connectivity index (χ3n) is 3.81. The predicted molar refractivity (Wildman–Crippen MR) is 94.7 cm³/mol. The summed E-state index contributed by atoms with van der Waals surface area (Å²) in [5, 5.41) is 0.876. The molecule has 0 aromatic heterocycles. The van der Waals surface area contributed by atoms with Crippen LogP contribution in [0, 0.1) is 5.92 Å². The highest BCUT2D eigenvalue weighted by Crippen LogP contribution is 2.21. The molecule has 25 heavy (non-hydrogen) atoms. The maximum Gasteiger partial charge on any atom is 0.326 e. The van der Waals surface area contributed by atoms with E-state index in [2.05, 4.69) is 5.32 Å². The van der Waals surface area contributed by atoms with Gasteiger partial charge in [0.15, 0.2) is 5.25 Å². The zero-order chi connectivity index (χ0) is 19.0. The Balaban J connectivity index is 3.11. The molecule has 0 spiro atoms. The number of hydrazine groups is 1. The van der Waals surface area contributed by atoms with Gasteiger partial charge in [0.05, 0.1) is 12.0 Å². The molecular formula is C16H25N3O5S. The zero-order valence-corrected chi connectivity index (χ0v) is 15.4. The van der Waals surface area contributed by atoms with Crippen molar-refractivity contribution in [3.05, 3.63) is 30.3 Å². The Labute approximate surface area is 148 Å². The minimum atomic E-state index is -4.27. The number of carbonyl (C=O) groups excluding carboxylic acids is 2. The summed E-state index contributed by atoms with van der Waals surface area (Å²) in [5.41, 5.74) is 0.498. The Morgan fingerprint density at radius 3 is 2.24 bits per heavy atom. The van der Waals surface area contributed by atoms with Crippen LogP contribution in [-0.4, -0.2) is 31.6 Å². The topological polar surface area (TPSA) is 128 Å². The molecule has 0 saturated heterocycles. The normalized spacial score (nSPS) is 15.0. The molecule has 0 saturated carbocycles. The van der Waals surface area contributed by atoms with Gasteiger partial charge < -0.3 is 10.1 Å². The molecule has 0 aliphatic rings. The number of ether oxygens (including phenoxy) is 1. The Hall–Kier alpha value is -1.97. The molecule has 0 aliphatic heterocycles. The van der Waals surface area contributed by atoms with Crippen molar-refractivity contribution in [3.8, 4) is 0 Å². The number of sulfonamides is 1. The van der Waals surface area contributed by atoms with Gasteiger partial charge in [-0.2, -0.15) is 4.83 Å². The van der Waals surface area contributed by atoms with Crippen molar-refractivity contribution in [1.29, 1.82) is 0 Å². The minimum Gasteiger partial charge on any atom is -0.462 e. The number of carbonyl (C=O) groups is 2. The van der Waals surface area contributed by atoms with Crippen molar-refractivity contribution in [2.45, 2.75) is 45.0 Å². The Kier molecular flexibility index (Phi) is 8.01. The van der Waals surface area contributed by atoms with Crippen LogP contribution in [0.5, 0.6) is 0 Å². The maximum absolute atomic E-state index is 12.6. The second-order valence-electron chi connectivity index (χ2n) is 5.61. The molecule has 3 unspecified atom stereocenters. The molecule has 1 amide bonds. The van der Waals surface area contributed by atoms with Crippen molar-refractivity contribution < 1.29 is 22.7 Å².